The number of hydrogen-bond donors (Lipinski definition) is 3. The number of aliphatic hydroxyl groups excluding tert-OH is 1. The summed E-state index contributed by atoms with van der Waals surface area (Å²) in [4.78, 5) is 16.7. The molecule has 1 aliphatic rings. The number of anilines is 1. The Morgan fingerprint density at radius 3 is 2.73 bits per heavy atom. The van der Waals surface area contributed by atoms with Crippen molar-refractivity contribution in [1.29, 1.82) is 0 Å². The number of aliphatic hydroxyl groups is 1. The Balaban J connectivity index is 1.58. The van der Waals surface area contributed by atoms with Gasteiger partial charge in [-0.05, 0) is 55.2 Å². The van der Waals surface area contributed by atoms with Gasteiger partial charge in [0.05, 0.1) is 21.9 Å². The summed E-state index contributed by atoms with van der Waals surface area (Å²) in [5.74, 6) is -0.661. The van der Waals surface area contributed by atoms with Crippen LogP contribution in [0.2, 0.25) is 0 Å². The zero-order valence-electron chi connectivity index (χ0n) is 15.0. The molecule has 1 aromatic heterocycles. The molecule has 2 unspecified atom stereocenters. The molecule has 0 radical (unpaired) electrons. The van der Waals surface area contributed by atoms with E-state index in [-0.39, 0.29) is 17.8 Å². The number of aliphatic carboxylic acids is 1. The second kappa shape index (κ2) is 8.18. The van der Waals surface area contributed by atoms with Crippen LogP contribution in [0.5, 0.6) is 0 Å². The van der Waals surface area contributed by atoms with Crippen molar-refractivity contribution >= 4 is 23.0 Å². The van der Waals surface area contributed by atoms with Crippen LogP contribution in [0.1, 0.15) is 37.6 Å². The lowest BCUT2D eigenvalue weighted by Crippen LogP contribution is -2.33. The van der Waals surface area contributed by atoms with Crippen molar-refractivity contribution in [2.75, 3.05) is 5.73 Å². The van der Waals surface area contributed by atoms with E-state index in [4.69, 9.17) is 10.8 Å². The molecule has 5 nitrogen and oxygen atoms in total. The number of carboxylic acid groups (broad SMARTS) is 1. The summed E-state index contributed by atoms with van der Waals surface area (Å²) in [6.45, 7) is 2.05. The van der Waals surface area contributed by atoms with E-state index >= 15 is 0 Å². The highest BCUT2D eigenvalue weighted by Gasteiger charge is 2.32. The topological polar surface area (TPSA) is 96.4 Å². The maximum absolute atomic E-state index is 11.1. The predicted molar refractivity (Wildman–Crippen MR) is 104 cm³/mol. The number of nitrogen functional groups attached to an aromatic ring is 1. The highest BCUT2D eigenvalue weighted by Crippen LogP contribution is 2.35. The fraction of sp³-hybridized carbons (Fsp3) is 0.500. The van der Waals surface area contributed by atoms with Crippen molar-refractivity contribution in [1.82, 2.24) is 4.98 Å². The maximum Gasteiger partial charge on any atom is 0.306 e. The molecule has 1 fully saturated rings. The molecule has 2 aromatic rings. The number of nitrogens with two attached hydrogens (primary N) is 1. The van der Waals surface area contributed by atoms with Crippen LogP contribution in [-0.2, 0) is 11.2 Å². The number of nitrogens with zero attached hydrogens (tertiary/aromatic N) is 1. The zero-order chi connectivity index (χ0) is 18.7. The Bertz CT molecular complexity index is 753. The summed E-state index contributed by atoms with van der Waals surface area (Å²) in [5, 5.41) is 20.8. The molecule has 2 atom stereocenters. The van der Waals surface area contributed by atoms with Gasteiger partial charge in [-0.25, -0.2) is 4.98 Å². The van der Waals surface area contributed by atoms with Gasteiger partial charge in [-0.3, -0.25) is 4.79 Å². The molecule has 0 saturated heterocycles. The van der Waals surface area contributed by atoms with Crippen molar-refractivity contribution in [3.63, 3.8) is 0 Å². The Hall–Kier alpha value is -1.92. The third-order valence-electron chi connectivity index (χ3n) is 5.41. The van der Waals surface area contributed by atoms with Crippen LogP contribution in [0, 0.1) is 17.8 Å². The molecular weight excluding hydrogens is 348 g/mol. The number of hydrogen-bond acceptors (Lipinski definition) is 5. The normalized spacial score (nSPS) is 22.7. The molecule has 4 N–H and O–H groups in total. The van der Waals surface area contributed by atoms with E-state index in [1.165, 1.54) is 0 Å². The first-order valence-electron chi connectivity index (χ1n) is 9.15. The second-order valence-corrected chi connectivity index (χ2v) is 8.48. The molecule has 6 heteroatoms. The van der Waals surface area contributed by atoms with Crippen molar-refractivity contribution in [3.05, 3.63) is 35.5 Å². The van der Waals surface area contributed by atoms with Gasteiger partial charge in [-0.1, -0.05) is 19.1 Å². The number of benzene rings is 1. The monoisotopic (exact) mass is 374 g/mol. The lowest BCUT2D eigenvalue weighted by molar-refractivity contribution is -0.143. The van der Waals surface area contributed by atoms with Crippen molar-refractivity contribution < 1.29 is 15.0 Å². The molecule has 140 valence electrons. The minimum atomic E-state index is -0.706. The van der Waals surface area contributed by atoms with Crippen LogP contribution in [0.15, 0.2) is 30.5 Å². The molecule has 1 aromatic carbocycles. The number of carboxylic acids is 1. The Labute approximate surface area is 157 Å². The van der Waals surface area contributed by atoms with Gasteiger partial charge in [-0.15, -0.1) is 11.3 Å². The first-order valence-corrected chi connectivity index (χ1v) is 9.97. The zero-order valence-corrected chi connectivity index (χ0v) is 15.8. The van der Waals surface area contributed by atoms with Gasteiger partial charge in [0.1, 0.15) is 0 Å². The van der Waals surface area contributed by atoms with Gasteiger partial charge in [-0.2, -0.15) is 0 Å². The number of thiazole rings is 1. The van der Waals surface area contributed by atoms with E-state index < -0.39 is 12.1 Å². The largest absolute Gasteiger partial charge is 0.481 e. The first-order chi connectivity index (χ1) is 12.4. The summed E-state index contributed by atoms with van der Waals surface area (Å²) in [7, 11) is 0. The second-order valence-electron chi connectivity index (χ2n) is 7.37. The van der Waals surface area contributed by atoms with Gasteiger partial charge in [0.25, 0.3) is 0 Å². The summed E-state index contributed by atoms with van der Waals surface area (Å²) < 4.78 is 0. The fourth-order valence-corrected chi connectivity index (χ4v) is 4.85. The maximum atomic E-state index is 11.1. The van der Waals surface area contributed by atoms with E-state index in [0.29, 0.717) is 12.8 Å². The average molecular weight is 375 g/mol. The highest BCUT2D eigenvalue weighted by molar-refractivity contribution is 7.15. The Morgan fingerprint density at radius 2 is 2.08 bits per heavy atom. The van der Waals surface area contributed by atoms with E-state index in [1.54, 1.807) is 11.3 Å². The SMILES string of the molecule is CC(Cc1ncc(-c2cccc(N)c2)s1)C(O)C1CCC(C(=O)O)CC1. The van der Waals surface area contributed by atoms with Crippen LogP contribution >= 0.6 is 11.3 Å². The first kappa shape index (κ1) is 18.9. The minimum absolute atomic E-state index is 0.0984. The average Bonchev–Trinajstić information content (AvgIpc) is 3.09. The van der Waals surface area contributed by atoms with Crippen molar-refractivity contribution in [2.45, 2.75) is 45.1 Å². The number of carbonyl (C=O) groups is 1. The quantitative estimate of drug-likeness (QED) is 0.668. The summed E-state index contributed by atoms with van der Waals surface area (Å²) >= 11 is 1.64. The molecule has 0 amide bonds. The summed E-state index contributed by atoms with van der Waals surface area (Å²) in [6.07, 6.45) is 5.09. The van der Waals surface area contributed by atoms with Gasteiger partial charge < -0.3 is 15.9 Å². The Morgan fingerprint density at radius 1 is 1.35 bits per heavy atom. The molecule has 3 rings (SSSR count). The van der Waals surface area contributed by atoms with E-state index in [2.05, 4.69) is 11.9 Å². The lowest BCUT2D eigenvalue weighted by Gasteiger charge is -2.32. The number of aromatic nitrogens is 1. The molecule has 0 bridgehead atoms. The van der Waals surface area contributed by atoms with Gasteiger partial charge in [0, 0.05) is 18.3 Å². The fourth-order valence-electron chi connectivity index (χ4n) is 3.80. The van der Waals surface area contributed by atoms with E-state index in [9.17, 15) is 9.90 Å². The van der Waals surface area contributed by atoms with Crippen LogP contribution in [0.3, 0.4) is 0 Å². The summed E-state index contributed by atoms with van der Waals surface area (Å²) in [6, 6.07) is 7.76. The Kier molecular flexibility index (Phi) is 5.94. The van der Waals surface area contributed by atoms with Gasteiger partial charge >= 0.3 is 5.97 Å². The molecular formula is C20H26N2O3S. The highest BCUT2D eigenvalue weighted by atomic mass is 32.1. The van der Waals surface area contributed by atoms with Crippen LogP contribution in [0.25, 0.3) is 10.4 Å². The van der Waals surface area contributed by atoms with E-state index in [1.807, 2.05) is 30.5 Å². The molecule has 1 saturated carbocycles. The van der Waals surface area contributed by atoms with Crippen LogP contribution < -0.4 is 5.73 Å². The summed E-state index contributed by atoms with van der Waals surface area (Å²) in [5.41, 5.74) is 7.65. The lowest BCUT2D eigenvalue weighted by atomic mass is 9.76. The molecule has 0 aliphatic heterocycles. The molecule has 0 spiro atoms. The number of rotatable bonds is 6. The predicted octanol–water partition coefficient (Wildman–Crippen LogP) is 3.82. The molecule has 1 aliphatic carbocycles. The van der Waals surface area contributed by atoms with Gasteiger partial charge in [0.2, 0.25) is 0 Å². The smallest absolute Gasteiger partial charge is 0.306 e. The van der Waals surface area contributed by atoms with Crippen LogP contribution in [0.4, 0.5) is 5.69 Å². The van der Waals surface area contributed by atoms with E-state index in [0.717, 1.165) is 40.4 Å². The van der Waals surface area contributed by atoms with Crippen molar-refractivity contribution in [2.24, 2.45) is 17.8 Å². The van der Waals surface area contributed by atoms with Gasteiger partial charge in [0.15, 0.2) is 0 Å². The third-order valence-corrected chi connectivity index (χ3v) is 6.48. The van der Waals surface area contributed by atoms with Crippen molar-refractivity contribution in [3.8, 4) is 10.4 Å². The minimum Gasteiger partial charge on any atom is -0.481 e. The standard InChI is InChI=1S/C20H26N2O3S/c1-12(19(23)13-5-7-14(8-6-13)20(24)25)9-18-22-11-17(26-18)15-3-2-4-16(21)10-15/h2-4,10-14,19,23H,5-9,21H2,1H3,(H,24,25). The third kappa shape index (κ3) is 4.43. The molecule has 1 heterocycles. The molecule has 26 heavy (non-hydrogen) atoms. The van der Waals surface area contributed by atoms with Crippen LogP contribution in [-0.4, -0.2) is 27.3 Å².